The molecule has 2 aromatic rings. The predicted molar refractivity (Wildman–Crippen MR) is 106 cm³/mol. The topological polar surface area (TPSA) is 61.6 Å². The van der Waals surface area contributed by atoms with E-state index in [-0.39, 0.29) is 11.7 Å². The highest BCUT2D eigenvalue weighted by Crippen LogP contribution is 2.30. The average Bonchev–Trinajstić information content (AvgIpc) is 3.22. The normalized spacial score (nSPS) is 27.2. The molecule has 1 aliphatic heterocycles. The molecule has 1 saturated heterocycles. The molecule has 1 aromatic heterocycles. The first kappa shape index (κ1) is 17.2. The molecule has 2 aliphatic carbocycles. The van der Waals surface area contributed by atoms with E-state index in [1.165, 1.54) is 12.8 Å². The molecule has 5 rings (SSSR count). The number of aromatic nitrogens is 2. The van der Waals surface area contributed by atoms with E-state index in [4.69, 9.17) is 0 Å². The Labute approximate surface area is 159 Å². The standard InChI is InChI=1S/C21H28N4O2/c26-20-8-7-19(20)24-11-9-23(10-12-24)16-5-6-17-18(13-16)22-14-25(21(17)27)15-3-1-2-4-15/h5-6,13-15,19-20,26H,1-4,7-12H2. The predicted octanol–water partition coefficient (Wildman–Crippen LogP) is 2.16. The number of hydrogen-bond donors (Lipinski definition) is 1. The van der Waals surface area contributed by atoms with E-state index < -0.39 is 0 Å². The third kappa shape index (κ3) is 3.05. The minimum absolute atomic E-state index is 0.0993. The molecule has 6 nitrogen and oxygen atoms in total. The molecule has 3 fully saturated rings. The maximum Gasteiger partial charge on any atom is 0.261 e. The van der Waals surface area contributed by atoms with Crippen LogP contribution >= 0.6 is 0 Å². The van der Waals surface area contributed by atoms with Gasteiger partial charge in [0.15, 0.2) is 0 Å². The number of fused-ring (bicyclic) bond motifs is 1. The summed E-state index contributed by atoms with van der Waals surface area (Å²) in [5, 5.41) is 10.6. The van der Waals surface area contributed by atoms with Crippen LogP contribution in [-0.2, 0) is 0 Å². The van der Waals surface area contributed by atoms with E-state index in [9.17, 15) is 9.90 Å². The Bertz CT molecular complexity index is 881. The molecule has 1 N–H and O–H groups in total. The Hall–Kier alpha value is -1.92. The number of nitrogens with zero attached hydrogens (tertiary/aromatic N) is 4. The maximum absolute atomic E-state index is 12.9. The minimum atomic E-state index is -0.136. The van der Waals surface area contributed by atoms with Gasteiger partial charge in [0, 0.05) is 44.0 Å². The van der Waals surface area contributed by atoms with Crippen LogP contribution in [0.2, 0.25) is 0 Å². The zero-order valence-corrected chi connectivity index (χ0v) is 15.8. The SMILES string of the molecule is O=c1c2ccc(N3CCN(C4CCC4O)CC3)cc2ncn1C1CCCC1. The van der Waals surface area contributed by atoms with Crippen LogP contribution in [0.4, 0.5) is 5.69 Å². The van der Waals surface area contributed by atoms with Crippen molar-refractivity contribution >= 4 is 16.6 Å². The lowest BCUT2D eigenvalue weighted by Crippen LogP contribution is -2.57. The largest absolute Gasteiger partial charge is 0.391 e. The Morgan fingerprint density at radius 3 is 2.44 bits per heavy atom. The fourth-order valence-electron chi connectivity index (χ4n) is 4.97. The zero-order valence-electron chi connectivity index (χ0n) is 15.8. The van der Waals surface area contributed by atoms with Crippen LogP contribution in [0.15, 0.2) is 29.3 Å². The molecular weight excluding hydrogens is 340 g/mol. The molecule has 1 aromatic carbocycles. The van der Waals surface area contributed by atoms with Crippen molar-refractivity contribution in [1.82, 2.24) is 14.5 Å². The first-order valence-corrected chi connectivity index (χ1v) is 10.4. The quantitative estimate of drug-likeness (QED) is 0.900. The molecule has 27 heavy (non-hydrogen) atoms. The lowest BCUT2D eigenvalue weighted by Gasteiger charge is -2.46. The number of anilines is 1. The lowest BCUT2D eigenvalue weighted by atomic mass is 9.87. The van der Waals surface area contributed by atoms with Crippen molar-refractivity contribution in [2.45, 2.75) is 56.7 Å². The monoisotopic (exact) mass is 368 g/mol. The van der Waals surface area contributed by atoms with Gasteiger partial charge in [0.2, 0.25) is 0 Å². The van der Waals surface area contributed by atoms with Crippen molar-refractivity contribution in [2.24, 2.45) is 0 Å². The maximum atomic E-state index is 12.9. The fourth-order valence-corrected chi connectivity index (χ4v) is 4.97. The number of aliphatic hydroxyl groups excluding tert-OH is 1. The molecule has 2 atom stereocenters. The van der Waals surface area contributed by atoms with E-state index in [0.717, 1.165) is 68.5 Å². The second kappa shape index (κ2) is 6.91. The van der Waals surface area contributed by atoms with Crippen LogP contribution in [0.1, 0.15) is 44.6 Å². The van der Waals surface area contributed by atoms with E-state index >= 15 is 0 Å². The van der Waals surface area contributed by atoms with Crippen LogP contribution in [0.3, 0.4) is 0 Å². The Morgan fingerprint density at radius 2 is 1.78 bits per heavy atom. The molecule has 2 heterocycles. The van der Waals surface area contributed by atoms with Crippen molar-refractivity contribution in [1.29, 1.82) is 0 Å². The lowest BCUT2D eigenvalue weighted by molar-refractivity contribution is -0.0229. The summed E-state index contributed by atoms with van der Waals surface area (Å²) in [7, 11) is 0. The van der Waals surface area contributed by atoms with Gasteiger partial charge in [0.05, 0.1) is 23.3 Å². The van der Waals surface area contributed by atoms with Gasteiger partial charge < -0.3 is 10.0 Å². The van der Waals surface area contributed by atoms with Crippen LogP contribution in [-0.4, -0.2) is 57.9 Å². The highest BCUT2D eigenvalue weighted by Gasteiger charge is 2.35. The van der Waals surface area contributed by atoms with E-state index in [2.05, 4.69) is 26.9 Å². The summed E-state index contributed by atoms with van der Waals surface area (Å²) in [6, 6.07) is 6.76. The molecule has 6 heteroatoms. The zero-order chi connectivity index (χ0) is 18.4. The number of benzene rings is 1. The first-order valence-electron chi connectivity index (χ1n) is 10.4. The van der Waals surface area contributed by atoms with Gasteiger partial charge in [-0.2, -0.15) is 0 Å². The third-order valence-electron chi connectivity index (χ3n) is 6.84. The van der Waals surface area contributed by atoms with Crippen LogP contribution < -0.4 is 10.5 Å². The van der Waals surface area contributed by atoms with Crippen molar-refractivity contribution in [3.63, 3.8) is 0 Å². The molecule has 0 bridgehead atoms. The number of rotatable bonds is 3. The van der Waals surface area contributed by atoms with E-state index in [1.807, 2.05) is 10.6 Å². The number of aliphatic hydroxyl groups is 1. The summed E-state index contributed by atoms with van der Waals surface area (Å²) in [5.41, 5.74) is 2.03. The smallest absolute Gasteiger partial charge is 0.261 e. The highest BCUT2D eigenvalue weighted by atomic mass is 16.3. The van der Waals surface area contributed by atoms with E-state index in [1.54, 1.807) is 6.33 Å². The van der Waals surface area contributed by atoms with Gasteiger partial charge in [0.25, 0.3) is 5.56 Å². The summed E-state index contributed by atoms with van der Waals surface area (Å²) < 4.78 is 1.84. The van der Waals surface area contributed by atoms with Crippen LogP contribution in [0.25, 0.3) is 10.9 Å². The molecule has 0 radical (unpaired) electrons. The van der Waals surface area contributed by atoms with Gasteiger partial charge in [-0.25, -0.2) is 4.98 Å². The van der Waals surface area contributed by atoms with Gasteiger partial charge >= 0.3 is 0 Å². The van der Waals surface area contributed by atoms with Crippen LogP contribution in [0.5, 0.6) is 0 Å². The minimum Gasteiger partial charge on any atom is -0.391 e. The van der Waals surface area contributed by atoms with Gasteiger partial charge in [-0.15, -0.1) is 0 Å². The Kier molecular flexibility index (Phi) is 4.40. The summed E-state index contributed by atoms with van der Waals surface area (Å²) in [4.78, 5) is 22.3. The van der Waals surface area contributed by atoms with Crippen molar-refractivity contribution in [2.75, 3.05) is 31.1 Å². The first-order chi connectivity index (χ1) is 13.2. The van der Waals surface area contributed by atoms with Crippen LogP contribution in [0, 0.1) is 0 Å². The second-order valence-corrected chi connectivity index (χ2v) is 8.33. The molecule has 2 unspecified atom stereocenters. The molecule has 3 aliphatic rings. The summed E-state index contributed by atoms with van der Waals surface area (Å²) >= 11 is 0. The third-order valence-corrected chi connectivity index (χ3v) is 6.84. The van der Waals surface area contributed by atoms with Gasteiger partial charge in [0.1, 0.15) is 0 Å². The second-order valence-electron chi connectivity index (χ2n) is 8.33. The van der Waals surface area contributed by atoms with Gasteiger partial charge in [-0.05, 0) is 43.9 Å². The molecular formula is C21H28N4O2. The Balaban J connectivity index is 1.34. The average molecular weight is 368 g/mol. The summed E-state index contributed by atoms with van der Waals surface area (Å²) in [5.74, 6) is 0. The summed E-state index contributed by atoms with van der Waals surface area (Å²) in [6.07, 6.45) is 8.27. The van der Waals surface area contributed by atoms with Crippen molar-refractivity contribution in [3.8, 4) is 0 Å². The van der Waals surface area contributed by atoms with Crippen molar-refractivity contribution in [3.05, 3.63) is 34.9 Å². The van der Waals surface area contributed by atoms with Crippen molar-refractivity contribution < 1.29 is 5.11 Å². The molecule has 144 valence electrons. The summed E-state index contributed by atoms with van der Waals surface area (Å²) in [6.45, 7) is 3.87. The number of piperazine rings is 1. The van der Waals surface area contributed by atoms with Gasteiger partial charge in [-0.1, -0.05) is 12.8 Å². The Morgan fingerprint density at radius 1 is 1.00 bits per heavy atom. The fraction of sp³-hybridized carbons (Fsp3) is 0.619. The van der Waals surface area contributed by atoms with E-state index in [0.29, 0.717) is 12.1 Å². The molecule has 0 spiro atoms. The number of hydrogen-bond acceptors (Lipinski definition) is 5. The highest BCUT2D eigenvalue weighted by molar-refractivity contribution is 5.81. The molecule has 0 amide bonds. The molecule has 2 saturated carbocycles. The van der Waals surface area contributed by atoms with Gasteiger partial charge in [-0.3, -0.25) is 14.3 Å².